The highest BCUT2D eigenvalue weighted by Crippen LogP contribution is 2.61. The van der Waals surface area contributed by atoms with Crippen molar-refractivity contribution in [3.63, 3.8) is 0 Å². The third kappa shape index (κ3) is 5.47. The molecule has 274 valence electrons. The van der Waals surface area contributed by atoms with Gasteiger partial charge in [-0.25, -0.2) is 9.97 Å². The summed E-state index contributed by atoms with van der Waals surface area (Å²) in [5, 5.41) is 4.54. The molecule has 0 N–H and O–H groups in total. The van der Waals surface area contributed by atoms with Gasteiger partial charge in [-0.05, 0) is 118 Å². The predicted molar refractivity (Wildman–Crippen MR) is 234 cm³/mol. The van der Waals surface area contributed by atoms with Crippen LogP contribution in [0.2, 0.25) is 0 Å². The van der Waals surface area contributed by atoms with Gasteiger partial charge in [0.15, 0.2) is 5.82 Å². The van der Waals surface area contributed by atoms with E-state index < -0.39 is 0 Å². The standard InChI is InChI=1S/C54H42N2O/c1-2-9-37(10-3-1)38-19-21-41(22-20-38)48-30-49(56-53(55-48)45-15-6-12-39-11-4-5-13-43(39)45)46-16-7-17-47-51-44(14-8-18-50(51)57-52(46)47)40-23-25-42(26-24-40)54-31-34-27-35(32-54)29-36(28-34)33-54/h1-26,30,34-36H,27-29,31-33H2. The van der Waals surface area contributed by atoms with E-state index in [1.807, 2.05) is 0 Å². The Morgan fingerprint density at radius 2 is 1.04 bits per heavy atom. The summed E-state index contributed by atoms with van der Waals surface area (Å²) < 4.78 is 6.85. The number of fused-ring (bicyclic) bond motifs is 4. The van der Waals surface area contributed by atoms with Gasteiger partial charge in [0.25, 0.3) is 0 Å². The van der Waals surface area contributed by atoms with Crippen LogP contribution in [0, 0.1) is 17.8 Å². The van der Waals surface area contributed by atoms with Gasteiger partial charge in [-0.2, -0.15) is 0 Å². The Hall–Kier alpha value is -6.32. The van der Waals surface area contributed by atoms with Crippen molar-refractivity contribution in [2.24, 2.45) is 17.8 Å². The van der Waals surface area contributed by atoms with E-state index in [9.17, 15) is 0 Å². The molecule has 4 fully saturated rings. The highest BCUT2D eigenvalue weighted by atomic mass is 16.3. The van der Waals surface area contributed by atoms with Crippen LogP contribution in [0.3, 0.4) is 0 Å². The van der Waals surface area contributed by atoms with Crippen molar-refractivity contribution in [3.8, 4) is 56.2 Å². The molecule has 0 unspecified atom stereocenters. The van der Waals surface area contributed by atoms with E-state index in [-0.39, 0.29) is 0 Å². The fraction of sp³-hybridized carbons (Fsp3) is 0.185. The zero-order chi connectivity index (χ0) is 37.5. The first-order valence-electron chi connectivity index (χ1n) is 20.7. The van der Waals surface area contributed by atoms with Crippen LogP contribution in [0.15, 0.2) is 168 Å². The summed E-state index contributed by atoms with van der Waals surface area (Å²) in [6.07, 6.45) is 8.56. The van der Waals surface area contributed by atoms with Gasteiger partial charge >= 0.3 is 0 Å². The van der Waals surface area contributed by atoms with E-state index in [2.05, 4.69) is 164 Å². The van der Waals surface area contributed by atoms with Gasteiger partial charge in [0.1, 0.15) is 11.2 Å². The molecular weight excluding hydrogens is 693 g/mol. The molecule has 0 amide bonds. The first kappa shape index (κ1) is 32.9. The quantitative estimate of drug-likeness (QED) is 0.171. The highest BCUT2D eigenvalue weighted by Gasteiger charge is 2.51. The van der Waals surface area contributed by atoms with Gasteiger partial charge in [-0.15, -0.1) is 0 Å². The fourth-order valence-electron chi connectivity index (χ4n) is 11.5. The van der Waals surface area contributed by atoms with E-state index in [0.29, 0.717) is 11.2 Å². The second kappa shape index (κ2) is 12.9. The van der Waals surface area contributed by atoms with Crippen molar-refractivity contribution in [1.82, 2.24) is 9.97 Å². The molecule has 13 rings (SSSR count). The number of hydrogen-bond acceptors (Lipinski definition) is 3. The zero-order valence-corrected chi connectivity index (χ0v) is 31.9. The SMILES string of the molecule is c1ccc(-c2ccc(-c3cc(-c4cccc5c4oc4cccc(-c6ccc(C78CC9CC(CC(C9)C7)C8)cc6)c45)nc(-c4cccc5ccccc45)n3)cc2)cc1. The Labute approximate surface area is 333 Å². The molecule has 0 aliphatic heterocycles. The maximum atomic E-state index is 6.85. The number of benzene rings is 7. The van der Waals surface area contributed by atoms with Crippen molar-refractivity contribution < 1.29 is 4.42 Å². The van der Waals surface area contributed by atoms with Gasteiger partial charge in [0.2, 0.25) is 0 Å². The van der Waals surface area contributed by atoms with Crippen LogP contribution in [0.5, 0.6) is 0 Å². The average molecular weight is 735 g/mol. The Kier molecular flexibility index (Phi) is 7.42. The van der Waals surface area contributed by atoms with E-state index in [1.54, 1.807) is 5.56 Å². The molecule has 3 nitrogen and oxygen atoms in total. The summed E-state index contributed by atoms with van der Waals surface area (Å²) in [5.74, 6) is 3.50. The Morgan fingerprint density at radius 3 is 1.82 bits per heavy atom. The van der Waals surface area contributed by atoms with E-state index >= 15 is 0 Å². The van der Waals surface area contributed by atoms with Crippen LogP contribution in [-0.2, 0) is 5.41 Å². The van der Waals surface area contributed by atoms with Gasteiger partial charge < -0.3 is 4.42 Å². The van der Waals surface area contributed by atoms with Crippen molar-refractivity contribution in [2.75, 3.05) is 0 Å². The maximum absolute atomic E-state index is 6.85. The van der Waals surface area contributed by atoms with Crippen LogP contribution >= 0.6 is 0 Å². The van der Waals surface area contributed by atoms with E-state index in [1.165, 1.54) is 60.8 Å². The minimum absolute atomic E-state index is 0.391. The summed E-state index contributed by atoms with van der Waals surface area (Å²) >= 11 is 0. The van der Waals surface area contributed by atoms with Crippen LogP contribution in [-0.4, -0.2) is 9.97 Å². The summed E-state index contributed by atoms with van der Waals surface area (Å²) in [5.41, 5.74) is 13.2. The third-order valence-electron chi connectivity index (χ3n) is 13.7. The molecule has 57 heavy (non-hydrogen) atoms. The van der Waals surface area contributed by atoms with E-state index in [0.717, 1.165) is 78.5 Å². The summed E-state index contributed by atoms with van der Waals surface area (Å²) in [4.78, 5) is 10.6. The fourth-order valence-corrected chi connectivity index (χ4v) is 11.5. The summed E-state index contributed by atoms with van der Waals surface area (Å²) in [6, 6.07) is 58.8. The summed E-state index contributed by atoms with van der Waals surface area (Å²) in [6.45, 7) is 0. The van der Waals surface area contributed by atoms with Crippen molar-refractivity contribution in [2.45, 2.75) is 43.9 Å². The lowest BCUT2D eigenvalue weighted by Gasteiger charge is -2.57. The first-order valence-corrected chi connectivity index (χ1v) is 20.7. The summed E-state index contributed by atoms with van der Waals surface area (Å²) in [7, 11) is 0. The number of furan rings is 1. The second-order valence-electron chi connectivity index (χ2n) is 17.2. The lowest BCUT2D eigenvalue weighted by Crippen LogP contribution is -2.48. The van der Waals surface area contributed by atoms with E-state index in [4.69, 9.17) is 14.4 Å². The van der Waals surface area contributed by atoms with Crippen LogP contribution in [0.25, 0.3) is 88.9 Å². The smallest absolute Gasteiger partial charge is 0.161 e. The van der Waals surface area contributed by atoms with Crippen molar-refractivity contribution in [3.05, 3.63) is 169 Å². The minimum atomic E-state index is 0.391. The Bertz CT molecular complexity index is 2940. The third-order valence-corrected chi connectivity index (χ3v) is 13.7. The minimum Gasteiger partial charge on any atom is -0.455 e. The predicted octanol–water partition coefficient (Wildman–Crippen LogP) is 14.3. The molecule has 2 heterocycles. The average Bonchev–Trinajstić information content (AvgIpc) is 3.65. The highest BCUT2D eigenvalue weighted by molar-refractivity contribution is 6.15. The van der Waals surface area contributed by atoms with Gasteiger partial charge in [-0.3, -0.25) is 0 Å². The molecular formula is C54H42N2O. The van der Waals surface area contributed by atoms with Gasteiger partial charge in [0.05, 0.1) is 11.4 Å². The molecule has 0 spiro atoms. The molecule has 0 atom stereocenters. The molecule has 4 aliphatic rings. The lowest BCUT2D eigenvalue weighted by atomic mass is 9.48. The molecule has 4 aliphatic carbocycles. The second-order valence-corrected chi connectivity index (χ2v) is 17.2. The molecule has 0 radical (unpaired) electrons. The molecule has 4 saturated carbocycles. The van der Waals surface area contributed by atoms with Gasteiger partial charge in [0, 0.05) is 27.5 Å². The normalized spacial score (nSPS) is 21.2. The zero-order valence-electron chi connectivity index (χ0n) is 31.9. The largest absolute Gasteiger partial charge is 0.455 e. The first-order chi connectivity index (χ1) is 28.1. The molecule has 9 aromatic rings. The number of nitrogens with zero attached hydrogens (tertiary/aromatic N) is 2. The lowest BCUT2D eigenvalue weighted by molar-refractivity contribution is -0.00518. The van der Waals surface area contributed by atoms with Gasteiger partial charge in [-0.1, -0.05) is 146 Å². The number of aromatic nitrogens is 2. The Morgan fingerprint density at radius 1 is 0.456 bits per heavy atom. The topological polar surface area (TPSA) is 38.9 Å². The monoisotopic (exact) mass is 734 g/mol. The molecule has 3 heteroatoms. The Balaban J connectivity index is 0.984. The van der Waals surface area contributed by atoms with Crippen LogP contribution in [0.4, 0.5) is 0 Å². The molecule has 0 saturated heterocycles. The maximum Gasteiger partial charge on any atom is 0.161 e. The molecule has 2 aromatic heterocycles. The van der Waals surface area contributed by atoms with Crippen molar-refractivity contribution >= 4 is 32.7 Å². The molecule has 7 aromatic carbocycles. The van der Waals surface area contributed by atoms with Crippen LogP contribution in [0.1, 0.15) is 44.1 Å². The molecule has 4 bridgehead atoms. The number of para-hydroxylation sites is 1. The van der Waals surface area contributed by atoms with Crippen molar-refractivity contribution in [1.29, 1.82) is 0 Å². The number of rotatable bonds is 6. The van der Waals surface area contributed by atoms with Crippen LogP contribution < -0.4 is 0 Å². The number of hydrogen-bond donors (Lipinski definition) is 0.